The fourth-order valence-corrected chi connectivity index (χ4v) is 3.04. The quantitative estimate of drug-likeness (QED) is 0.512. The highest BCUT2D eigenvalue weighted by atomic mass is 32.2. The van der Waals surface area contributed by atoms with Crippen molar-refractivity contribution in [3.8, 4) is 11.7 Å². The van der Waals surface area contributed by atoms with Crippen molar-refractivity contribution in [2.24, 2.45) is 0 Å². The molecular weight excluding hydrogens is 354 g/mol. The Bertz CT molecular complexity index is 989. The highest BCUT2D eigenvalue weighted by Gasteiger charge is 2.16. The van der Waals surface area contributed by atoms with Crippen LogP contribution in [0.25, 0.3) is 22.6 Å². The first-order valence-electron chi connectivity index (χ1n) is 7.97. The van der Waals surface area contributed by atoms with Crippen LogP contribution in [-0.4, -0.2) is 21.9 Å². The Labute approximate surface area is 152 Å². The normalized spacial score (nSPS) is 12.3. The standard InChI is InChI=1S/C18H15N3O4S/c1-11(15-9-12-5-2-3-6-13(12)24-15)19-16(22)10-26-18-21-20-17(25-18)14-7-4-8-23-14/h2-9,11H,10H2,1H3,(H,19,22)/t11-/m0/s1. The molecule has 0 fully saturated rings. The highest BCUT2D eigenvalue weighted by molar-refractivity contribution is 7.99. The van der Waals surface area contributed by atoms with Crippen molar-refractivity contribution in [2.75, 3.05) is 5.75 Å². The molecule has 0 radical (unpaired) electrons. The number of benzene rings is 1. The summed E-state index contributed by atoms with van der Waals surface area (Å²) in [7, 11) is 0. The Kier molecular flexibility index (Phi) is 4.49. The third kappa shape index (κ3) is 3.50. The minimum atomic E-state index is -0.239. The van der Waals surface area contributed by atoms with E-state index in [9.17, 15) is 4.79 Å². The molecule has 0 aliphatic heterocycles. The van der Waals surface area contributed by atoms with Crippen LogP contribution in [0.3, 0.4) is 0 Å². The second kappa shape index (κ2) is 7.09. The van der Waals surface area contributed by atoms with Gasteiger partial charge in [0.15, 0.2) is 5.76 Å². The summed E-state index contributed by atoms with van der Waals surface area (Å²) in [5.41, 5.74) is 0.800. The molecule has 0 spiro atoms. The minimum absolute atomic E-state index is 0.152. The van der Waals surface area contributed by atoms with Crippen molar-refractivity contribution in [1.29, 1.82) is 0 Å². The van der Waals surface area contributed by atoms with Crippen LogP contribution in [0.5, 0.6) is 0 Å². The SMILES string of the molecule is C[C@H](NC(=O)CSc1nnc(-c2ccco2)o1)c1cc2ccccc2o1. The third-order valence-corrected chi connectivity index (χ3v) is 4.53. The van der Waals surface area contributed by atoms with Gasteiger partial charge in [-0.05, 0) is 31.2 Å². The molecule has 1 aromatic carbocycles. The molecule has 0 aliphatic rings. The average molecular weight is 369 g/mol. The molecule has 26 heavy (non-hydrogen) atoms. The number of hydrogen-bond donors (Lipinski definition) is 1. The molecule has 1 atom stereocenters. The van der Waals surface area contributed by atoms with Gasteiger partial charge in [0.1, 0.15) is 11.3 Å². The zero-order valence-corrected chi connectivity index (χ0v) is 14.7. The van der Waals surface area contributed by atoms with Crippen LogP contribution in [0.1, 0.15) is 18.7 Å². The number of carbonyl (C=O) groups is 1. The Hall–Kier alpha value is -3.00. The summed E-state index contributed by atoms with van der Waals surface area (Å²) < 4.78 is 16.4. The summed E-state index contributed by atoms with van der Waals surface area (Å²) >= 11 is 1.16. The van der Waals surface area contributed by atoms with E-state index in [1.165, 1.54) is 6.26 Å². The zero-order chi connectivity index (χ0) is 17.9. The summed E-state index contributed by atoms with van der Waals surface area (Å²) in [6, 6.07) is 12.9. The maximum atomic E-state index is 12.2. The summed E-state index contributed by atoms with van der Waals surface area (Å²) in [5, 5.41) is 12.0. The topological polar surface area (TPSA) is 94.3 Å². The first-order chi connectivity index (χ1) is 12.7. The van der Waals surface area contributed by atoms with Crippen LogP contribution >= 0.6 is 11.8 Å². The van der Waals surface area contributed by atoms with Gasteiger partial charge in [-0.25, -0.2) is 0 Å². The first kappa shape index (κ1) is 16.5. The minimum Gasteiger partial charge on any atom is -0.459 e. The van der Waals surface area contributed by atoms with E-state index in [2.05, 4.69) is 15.5 Å². The average Bonchev–Trinajstić information content (AvgIpc) is 3.39. The van der Waals surface area contributed by atoms with Gasteiger partial charge >= 0.3 is 0 Å². The zero-order valence-electron chi connectivity index (χ0n) is 13.8. The number of fused-ring (bicyclic) bond motifs is 1. The summed E-state index contributed by atoms with van der Waals surface area (Å²) in [6.45, 7) is 1.88. The molecular formula is C18H15N3O4S. The summed E-state index contributed by atoms with van der Waals surface area (Å²) in [6.07, 6.45) is 1.53. The lowest BCUT2D eigenvalue weighted by molar-refractivity contribution is -0.119. The molecule has 0 unspecified atom stereocenters. The maximum Gasteiger partial charge on any atom is 0.284 e. The Morgan fingerprint density at radius 2 is 2.08 bits per heavy atom. The van der Waals surface area contributed by atoms with Gasteiger partial charge in [-0.15, -0.1) is 10.2 Å². The van der Waals surface area contributed by atoms with Gasteiger partial charge in [0.25, 0.3) is 11.1 Å². The van der Waals surface area contributed by atoms with E-state index in [1.54, 1.807) is 12.1 Å². The third-order valence-electron chi connectivity index (χ3n) is 3.71. The van der Waals surface area contributed by atoms with E-state index < -0.39 is 0 Å². The number of nitrogens with one attached hydrogen (secondary N) is 1. The molecule has 1 N–H and O–H groups in total. The van der Waals surface area contributed by atoms with Gasteiger partial charge in [-0.3, -0.25) is 4.79 Å². The molecule has 3 heterocycles. The lowest BCUT2D eigenvalue weighted by Gasteiger charge is -2.10. The second-order valence-corrected chi connectivity index (χ2v) is 6.54. The predicted molar refractivity (Wildman–Crippen MR) is 95.5 cm³/mol. The van der Waals surface area contributed by atoms with Crippen molar-refractivity contribution in [3.63, 3.8) is 0 Å². The van der Waals surface area contributed by atoms with E-state index in [0.29, 0.717) is 16.7 Å². The van der Waals surface area contributed by atoms with E-state index >= 15 is 0 Å². The molecule has 0 aliphatic carbocycles. The molecule has 8 heteroatoms. The van der Waals surface area contributed by atoms with Crippen LogP contribution < -0.4 is 5.32 Å². The van der Waals surface area contributed by atoms with Crippen molar-refractivity contribution < 1.29 is 18.0 Å². The number of aromatic nitrogens is 2. The first-order valence-corrected chi connectivity index (χ1v) is 8.95. The van der Waals surface area contributed by atoms with Gasteiger partial charge in [-0.2, -0.15) is 0 Å². The lowest BCUT2D eigenvalue weighted by Crippen LogP contribution is -2.27. The van der Waals surface area contributed by atoms with Crippen molar-refractivity contribution >= 4 is 28.6 Å². The molecule has 4 rings (SSSR count). The number of thioether (sulfide) groups is 1. The number of carbonyl (C=O) groups excluding carboxylic acids is 1. The van der Waals surface area contributed by atoms with Gasteiger partial charge in [-0.1, -0.05) is 30.0 Å². The largest absolute Gasteiger partial charge is 0.459 e. The monoisotopic (exact) mass is 369 g/mol. The second-order valence-electron chi connectivity index (χ2n) is 5.61. The van der Waals surface area contributed by atoms with Gasteiger partial charge < -0.3 is 18.6 Å². The molecule has 0 saturated carbocycles. The van der Waals surface area contributed by atoms with Crippen LogP contribution in [0.2, 0.25) is 0 Å². The fraction of sp³-hybridized carbons (Fsp3) is 0.167. The Morgan fingerprint density at radius 3 is 2.88 bits per heavy atom. The lowest BCUT2D eigenvalue weighted by atomic mass is 10.2. The van der Waals surface area contributed by atoms with Crippen molar-refractivity contribution in [3.05, 3.63) is 54.5 Å². The summed E-state index contributed by atoms with van der Waals surface area (Å²) in [4.78, 5) is 12.2. The molecule has 7 nitrogen and oxygen atoms in total. The molecule has 0 saturated heterocycles. The summed E-state index contributed by atoms with van der Waals surface area (Å²) in [5.74, 6) is 1.49. The Morgan fingerprint density at radius 1 is 1.19 bits per heavy atom. The van der Waals surface area contributed by atoms with Crippen molar-refractivity contribution in [2.45, 2.75) is 18.2 Å². The molecule has 3 aromatic heterocycles. The van der Waals surface area contributed by atoms with Crippen molar-refractivity contribution in [1.82, 2.24) is 15.5 Å². The molecule has 132 valence electrons. The van der Waals surface area contributed by atoms with E-state index in [0.717, 1.165) is 22.7 Å². The van der Waals surface area contributed by atoms with Crippen LogP contribution in [0.4, 0.5) is 0 Å². The van der Waals surface area contributed by atoms with Crippen LogP contribution in [0, 0.1) is 0 Å². The van der Waals surface area contributed by atoms with Gasteiger partial charge in [0, 0.05) is 5.39 Å². The molecule has 0 bridgehead atoms. The molecule has 4 aromatic rings. The predicted octanol–water partition coefficient (Wildman–Crippen LogP) is 4.05. The Balaban J connectivity index is 1.33. The van der Waals surface area contributed by atoms with Crippen LogP contribution in [0.15, 0.2) is 67.2 Å². The number of hydrogen-bond acceptors (Lipinski definition) is 7. The van der Waals surface area contributed by atoms with E-state index in [1.807, 2.05) is 37.3 Å². The van der Waals surface area contributed by atoms with E-state index in [4.69, 9.17) is 13.3 Å². The number of para-hydroxylation sites is 1. The number of nitrogens with zero attached hydrogens (tertiary/aromatic N) is 2. The molecule has 1 amide bonds. The number of rotatable bonds is 6. The number of amides is 1. The van der Waals surface area contributed by atoms with Gasteiger partial charge in [0.05, 0.1) is 18.1 Å². The maximum absolute atomic E-state index is 12.2. The van der Waals surface area contributed by atoms with Gasteiger partial charge in [0.2, 0.25) is 5.91 Å². The fourth-order valence-electron chi connectivity index (χ4n) is 2.47. The van der Waals surface area contributed by atoms with Crippen LogP contribution in [-0.2, 0) is 4.79 Å². The van der Waals surface area contributed by atoms with E-state index in [-0.39, 0.29) is 23.6 Å². The number of furan rings is 2. The smallest absolute Gasteiger partial charge is 0.284 e. The highest BCUT2D eigenvalue weighted by Crippen LogP contribution is 2.25.